The van der Waals surface area contributed by atoms with Crippen LogP contribution in [0.1, 0.15) is 11.1 Å². The second kappa shape index (κ2) is 9.07. The van der Waals surface area contributed by atoms with E-state index in [1.54, 1.807) is 31.3 Å². The molecule has 1 unspecified atom stereocenters. The van der Waals surface area contributed by atoms with Crippen LogP contribution in [-0.4, -0.2) is 47.2 Å². The molecule has 2 aromatic rings. The number of guanidine groups is 1. The van der Waals surface area contributed by atoms with Crippen molar-refractivity contribution in [3.05, 3.63) is 59.7 Å². The zero-order valence-electron chi connectivity index (χ0n) is 16.1. The van der Waals surface area contributed by atoms with E-state index in [9.17, 15) is 8.42 Å². The highest BCUT2D eigenvalue weighted by molar-refractivity contribution is 7.89. The monoisotopic (exact) mass is 402 g/mol. The van der Waals surface area contributed by atoms with Crippen molar-refractivity contribution >= 4 is 16.0 Å². The lowest BCUT2D eigenvalue weighted by Gasteiger charge is -2.16. The molecule has 0 fully saturated rings. The minimum absolute atomic E-state index is 0.0518. The molecule has 3 rings (SSSR count). The van der Waals surface area contributed by atoms with Gasteiger partial charge in [0, 0.05) is 26.6 Å². The summed E-state index contributed by atoms with van der Waals surface area (Å²) in [7, 11) is -1.83. The highest BCUT2D eigenvalue weighted by Gasteiger charge is 2.22. The minimum atomic E-state index is -3.51. The van der Waals surface area contributed by atoms with Gasteiger partial charge in [0.25, 0.3) is 0 Å². The number of benzene rings is 2. The van der Waals surface area contributed by atoms with Crippen LogP contribution in [0.25, 0.3) is 0 Å². The predicted molar refractivity (Wildman–Crippen MR) is 110 cm³/mol. The fourth-order valence-electron chi connectivity index (χ4n) is 2.97. The van der Waals surface area contributed by atoms with Crippen molar-refractivity contribution in [2.24, 2.45) is 4.99 Å². The average Bonchev–Trinajstić information content (AvgIpc) is 3.10. The first-order chi connectivity index (χ1) is 13.5. The highest BCUT2D eigenvalue weighted by atomic mass is 32.2. The van der Waals surface area contributed by atoms with Gasteiger partial charge in [-0.15, -0.1) is 0 Å². The maximum Gasteiger partial charge on any atom is 0.240 e. The number of aryl methyl sites for hydroxylation is 1. The third-order valence-corrected chi connectivity index (χ3v) is 5.95. The molecule has 0 amide bonds. The molecule has 0 spiro atoms. The van der Waals surface area contributed by atoms with Crippen LogP contribution in [0.4, 0.5) is 0 Å². The third kappa shape index (κ3) is 5.24. The Morgan fingerprint density at radius 2 is 1.86 bits per heavy atom. The summed E-state index contributed by atoms with van der Waals surface area (Å²) < 4.78 is 33.0. The summed E-state index contributed by atoms with van der Waals surface area (Å²) in [5, 5.41) is 6.32. The molecule has 0 aliphatic carbocycles. The number of para-hydroxylation sites is 1. The van der Waals surface area contributed by atoms with Gasteiger partial charge in [-0.3, -0.25) is 4.99 Å². The lowest BCUT2D eigenvalue weighted by atomic mass is 10.1. The van der Waals surface area contributed by atoms with Crippen molar-refractivity contribution in [1.29, 1.82) is 0 Å². The van der Waals surface area contributed by atoms with Gasteiger partial charge in [-0.25, -0.2) is 13.1 Å². The van der Waals surface area contributed by atoms with Crippen LogP contribution in [0.3, 0.4) is 0 Å². The van der Waals surface area contributed by atoms with E-state index in [1.165, 1.54) is 5.56 Å². The quantitative estimate of drug-likeness (QED) is 0.370. The normalized spacial score (nSPS) is 16.4. The van der Waals surface area contributed by atoms with Gasteiger partial charge in [0.2, 0.25) is 10.0 Å². The molecule has 7 nitrogen and oxygen atoms in total. The predicted octanol–water partition coefficient (Wildman–Crippen LogP) is 1.44. The zero-order valence-corrected chi connectivity index (χ0v) is 16.9. The molecule has 0 saturated heterocycles. The number of aliphatic imine (C=N–C) groups is 1. The van der Waals surface area contributed by atoms with Crippen molar-refractivity contribution in [1.82, 2.24) is 15.4 Å². The molecule has 8 heteroatoms. The van der Waals surface area contributed by atoms with E-state index in [0.717, 1.165) is 17.7 Å². The van der Waals surface area contributed by atoms with Crippen molar-refractivity contribution in [3.8, 4) is 5.75 Å². The smallest absolute Gasteiger partial charge is 0.240 e. The molecule has 1 atom stereocenters. The summed E-state index contributed by atoms with van der Waals surface area (Å²) in [5.74, 6) is 1.54. The molecule has 1 heterocycles. The Balaban J connectivity index is 1.39. The van der Waals surface area contributed by atoms with Crippen LogP contribution in [-0.2, 0) is 16.4 Å². The van der Waals surface area contributed by atoms with Crippen LogP contribution in [0, 0.1) is 6.92 Å². The van der Waals surface area contributed by atoms with Crippen LogP contribution in [0.15, 0.2) is 58.4 Å². The first-order valence-corrected chi connectivity index (χ1v) is 10.7. The van der Waals surface area contributed by atoms with Crippen molar-refractivity contribution in [2.75, 3.05) is 26.7 Å². The largest absolute Gasteiger partial charge is 0.488 e. The van der Waals surface area contributed by atoms with E-state index < -0.39 is 10.0 Å². The number of nitrogens with zero attached hydrogens (tertiary/aromatic N) is 1. The van der Waals surface area contributed by atoms with Crippen molar-refractivity contribution in [3.63, 3.8) is 0 Å². The molecule has 28 heavy (non-hydrogen) atoms. The van der Waals surface area contributed by atoms with Gasteiger partial charge < -0.3 is 15.4 Å². The Hall–Kier alpha value is -2.58. The molecule has 1 aliphatic rings. The summed E-state index contributed by atoms with van der Waals surface area (Å²) in [6.07, 6.45) is 0.909. The summed E-state index contributed by atoms with van der Waals surface area (Å²) in [4.78, 5) is 4.42. The van der Waals surface area contributed by atoms with Crippen molar-refractivity contribution < 1.29 is 13.2 Å². The van der Waals surface area contributed by atoms with Crippen LogP contribution in [0.2, 0.25) is 0 Å². The van der Waals surface area contributed by atoms with Gasteiger partial charge in [-0.1, -0.05) is 35.9 Å². The molecular weight excluding hydrogens is 376 g/mol. The van der Waals surface area contributed by atoms with Gasteiger partial charge in [0.15, 0.2) is 5.96 Å². The SMILES string of the molecule is CN=C(NCCNS(=O)(=O)c1ccc(C)cc1)NCC1Cc2ccccc2O1. The molecule has 150 valence electrons. The van der Waals surface area contributed by atoms with Gasteiger partial charge in [0.1, 0.15) is 11.9 Å². The van der Waals surface area contributed by atoms with Gasteiger partial charge in [-0.2, -0.15) is 0 Å². The molecule has 0 aromatic heterocycles. The Morgan fingerprint density at radius 3 is 2.57 bits per heavy atom. The van der Waals surface area contributed by atoms with Gasteiger partial charge >= 0.3 is 0 Å². The van der Waals surface area contributed by atoms with E-state index in [4.69, 9.17) is 4.74 Å². The number of hydrogen-bond acceptors (Lipinski definition) is 4. The Kier molecular flexibility index (Phi) is 6.53. The first kappa shape index (κ1) is 20.2. The first-order valence-electron chi connectivity index (χ1n) is 9.23. The second-order valence-electron chi connectivity index (χ2n) is 6.64. The summed E-state index contributed by atoms with van der Waals surface area (Å²) in [6, 6.07) is 14.8. The number of hydrogen-bond donors (Lipinski definition) is 3. The van der Waals surface area contributed by atoms with Crippen molar-refractivity contribution in [2.45, 2.75) is 24.3 Å². The Labute approximate surface area is 166 Å². The fourth-order valence-corrected chi connectivity index (χ4v) is 4.00. The zero-order chi connectivity index (χ0) is 20.0. The van der Waals surface area contributed by atoms with E-state index in [2.05, 4.69) is 26.4 Å². The number of sulfonamides is 1. The third-order valence-electron chi connectivity index (χ3n) is 4.48. The topological polar surface area (TPSA) is 91.8 Å². The highest BCUT2D eigenvalue weighted by Crippen LogP contribution is 2.27. The summed E-state index contributed by atoms with van der Waals surface area (Å²) >= 11 is 0. The molecular formula is C20H26N4O3S. The molecule has 3 N–H and O–H groups in total. The molecule has 0 bridgehead atoms. The molecule has 2 aromatic carbocycles. The summed E-state index contributed by atoms with van der Waals surface area (Å²) in [6.45, 7) is 3.20. The lowest BCUT2D eigenvalue weighted by Crippen LogP contribution is -2.44. The van der Waals surface area contributed by atoms with Gasteiger partial charge in [-0.05, 0) is 30.7 Å². The lowest BCUT2D eigenvalue weighted by molar-refractivity contribution is 0.235. The maximum absolute atomic E-state index is 12.3. The van der Waals surface area contributed by atoms with Crippen LogP contribution < -0.4 is 20.1 Å². The molecule has 0 saturated carbocycles. The number of nitrogens with one attached hydrogen (secondary N) is 3. The standard InChI is InChI=1S/C20H26N4O3S/c1-15-7-9-18(10-8-15)28(25,26)24-12-11-22-20(21-2)23-14-17-13-16-5-3-4-6-19(16)27-17/h3-10,17,24H,11-14H2,1-2H3,(H2,21,22,23). The number of fused-ring (bicyclic) bond motifs is 1. The maximum atomic E-state index is 12.3. The fraction of sp³-hybridized carbons (Fsp3) is 0.350. The van der Waals surface area contributed by atoms with Crippen LogP contribution in [0.5, 0.6) is 5.75 Å². The van der Waals surface area contributed by atoms with E-state index in [-0.39, 0.29) is 17.5 Å². The minimum Gasteiger partial charge on any atom is -0.488 e. The van der Waals surface area contributed by atoms with E-state index >= 15 is 0 Å². The van der Waals surface area contributed by atoms with Crippen LogP contribution >= 0.6 is 0 Å². The summed E-state index contributed by atoms with van der Waals surface area (Å²) in [5.41, 5.74) is 2.23. The van der Waals surface area contributed by atoms with E-state index in [1.807, 2.05) is 25.1 Å². The molecule has 0 radical (unpaired) electrons. The molecule has 1 aliphatic heterocycles. The van der Waals surface area contributed by atoms with Gasteiger partial charge in [0.05, 0.1) is 11.4 Å². The second-order valence-corrected chi connectivity index (χ2v) is 8.41. The Bertz CT molecular complexity index is 902. The Morgan fingerprint density at radius 1 is 1.11 bits per heavy atom. The average molecular weight is 403 g/mol. The number of ether oxygens (including phenoxy) is 1. The van der Waals surface area contributed by atoms with E-state index in [0.29, 0.717) is 19.0 Å². The number of rotatable bonds is 7.